The van der Waals surface area contributed by atoms with Gasteiger partial charge in [-0.2, -0.15) is 5.10 Å². The number of hydrazone groups is 1. The molecule has 1 heterocycles. The Morgan fingerprint density at radius 1 is 1.13 bits per heavy atom. The Bertz CT molecular complexity index is 1180. The van der Waals surface area contributed by atoms with Crippen LogP contribution in [0.3, 0.4) is 0 Å². The number of carbonyl (C=O) groups excluding carboxylic acids is 3. The zero-order valence-electron chi connectivity index (χ0n) is 21.3. The molecule has 3 amide bonds. The van der Waals surface area contributed by atoms with Gasteiger partial charge in [-0.15, -0.1) is 0 Å². The maximum atomic E-state index is 12.9. The summed E-state index contributed by atoms with van der Waals surface area (Å²) in [4.78, 5) is 39.7. The van der Waals surface area contributed by atoms with E-state index < -0.39 is 17.9 Å². The van der Waals surface area contributed by atoms with Crippen molar-refractivity contribution in [2.45, 2.75) is 19.9 Å². The van der Waals surface area contributed by atoms with Crippen molar-refractivity contribution in [1.82, 2.24) is 15.6 Å². The van der Waals surface area contributed by atoms with Crippen LogP contribution in [0.15, 0.2) is 41.5 Å². The van der Waals surface area contributed by atoms with E-state index in [1.807, 2.05) is 0 Å². The summed E-state index contributed by atoms with van der Waals surface area (Å²) in [5, 5.41) is 7.30. The number of carbonyl (C=O) groups is 3. The van der Waals surface area contributed by atoms with E-state index in [4.69, 9.17) is 37.4 Å². The van der Waals surface area contributed by atoms with Crippen molar-refractivity contribution in [3.8, 4) is 11.5 Å². The highest BCUT2D eigenvalue weighted by Crippen LogP contribution is 2.30. The molecular formula is C26H30Cl2N4O6. The standard InChI is InChI=1S/C26H30Cl2N4O6/c1-16(2)23(30-25(34)17-7-8-19(27)20(28)13-17)26(35)31-29-14-18-5-4-6-21(36-3)24(18)38-15-22(33)32-9-11-37-12-10-32/h4-8,13-14,16,23H,9-12,15H2,1-3H3,(H,30,34)(H,31,35)/b29-14+. The highest BCUT2D eigenvalue weighted by molar-refractivity contribution is 6.42. The van der Waals surface area contributed by atoms with Crippen molar-refractivity contribution < 1.29 is 28.6 Å². The van der Waals surface area contributed by atoms with Gasteiger partial charge in [0.15, 0.2) is 18.1 Å². The fraction of sp³-hybridized carbons (Fsp3) is 0.385. The second-order valence-electron chi connectivity index (χ2n) is 8.72. The first-order chi connectivity index (χ1) is 18.2. The van der Waals surface area contributed by atoms with E-state index >= 15 is 0 Å². The number of rotatable bonds is 10. The molecule has 0 radical (unpaired) electrons. The van der Waals surface area contributed by atoms with E-state index in [-0.39, 0.29) is 29.0 Å². The average molecular weight is 565 g/mol. The first-order valence-corrected chi connectivity index (χ1v) is 12.7. The smallest absolute Gasteiger partial charge is 0.262 e. The lowest BCUT2D eigenvalue weighted by molar-refractivity contribution is -0.137. The Morgan fingerprint density at radius 2 is 1.87 bits per heavy atom. The monoisotopic (exact) mass is 564 g/mol. The summed E-state index contributed by atoms with van der Waals surface area (Å²) in [7, 11) is 1.48. The molecule has 1 unspecified atom stereocenters. The second-order valence-corrected chi connectivity index (χ2v) is 9.53. The Kier molecular flexibility index (Phi) is 10.8. The van der Waals surface area contributed by atoms with Crippen LogP contribution >= 0.6 is 23.2 Å². The normalized spacial score (nSPS) is 14.3. The van der Waals surface area contributed by atoms with Gasteiger partial charge >= 0.3 is 0 Å². The molecule has 2 aromatic carbocycles. The maximum Gasteiger partial charge on any atom is 0.262 e. The van der Waals surface area contributed by atoms with Gasteiger partial charge in [0.2, 0.25) is 0 Å². The molecule has 0 saturated carbocycles. The van der Waals surface area contributed by atoms with Crippen molar-refractivity contribution in [3.05, 3.63) is 57.6 Å². The number of nitrogens with zero attached hydrogens (tertiary/aromatic N) is 2. The minimum absolute atomic E-state index is 0.173. The van der Waals surface area contributed by atoms with Crippen LogP contribution in [0.25, 0.3) is 0 Å². The van der Waals surface area contributed by atoms with Crippen molar-refractivity contribution in [1.29, 1.82) is 0 Å². The zero-order valence-corrected chi connectivity index (χ0v) is 22.8. The number of morpholine rings is 1. The van der Waals surface area contributed by atoms with Gasteiger partial charge in [-0.25, -0.2) is 5.43 Å². The average Bonchev–Trinajstić information content (AvgIpc) is 2.92. The third kappa shape index (κ3) is 7.83. The van der Waals surface area contributed by atoms with Gasteiger partial charge in [0.05, 0.1) is 36.6 Å². The molecule has 1 atom stereocenters. The van der Waals surface area contributed by atoms with Crippen molar-refractivity contribution in [2.75, 3.05) is 40.0 Å². The van der Waals surface area contributed by atoms with E-state index in [9.17, 15) is 14.4 Å². The van der Waals surface area contributed by atoms with E-state index in [0.717, 1.165) is 0 Å². The minimum Gasteiger partial charge on any atom is -0.493 e. The Hall–Kier alpha value is -3.34. The molecular weight excluding hydrogens is 535 g/mol. The number of para-hydroxylation sites is 1. The molecule has 1 saturated heterocycles. The minimum atomic E-state index is -0.874. The summed E-state index contributed by atoms with van der Waals surface area (Å²) in [5.74, 6) is -0.689. The number of hydrogen-bond acceptors (Lipinski definition) is 7. The lowest BCUT2D eigenvalue weighted by Crippen LogP contribution is -2.48. The lowest BCUT2D eigenvalue weighted by atomic mass is 10.0. The quantitative estimate of drug-likeness (QED) is 0.338. The van der Waals surface area contributed by atoms with E-state index in [0.29, 0.717) is 48.4 Å². The molecule has 3 rings (SSSR count). The summed E-state index contributed by atoms with van der Waals surface area (Å²) in [5.41, 5.74) is 3.21. The molecule has 1 aliphatic rings. The van der Waals surface area contributed by atoms with Crippen molar-refractivity contribution >= 4 is 47.1 Å². The first kappa shape index (κ1) is 29.2. The SMILES string of the molecule is COc1cccc(/C=N/NC(=O)C(NC(=O)c2ccc(Cl)c(Cl)c2)C(C)C)c1OCC(=O)N1CCOCC1. The summed E-state index contributed by atoms with van der Waals surface area (Å²) >= 11 is 11.9. The van der Waals surface area contributed by atoms with Gasteiger partial charge in [0.1, 0.15) is 6.04 Å². The fourth-order valence-corrected chi connectivity index (χ4v) is 3.92. The summed E-state index contributed by atoms with van der Waals surface area (Å²) in [6, 6.07) is 8.71. The van der Waals surface area contributed by atoms with E-state index in [1.54, 1.807) is 36.9 Å². The van der Waals surface area contributed by atoms with Crippen LogP contribution in [0.2, 0.25) is 10.0 Å². The third-order valence-corrected chi connectivity index (χ3v) is 6.47. The van der Waals surface area contributed by atoms with Crippen LogP contribution in [0.1, 0.15) is 29.8 Å². The Balaban J connectivity index is 1.66. The number of benzene rings is 2. The number of hydrogen-bond donors (Lipinski definition) is 2. The predicted octanol–water partition coefficient (Wildman–Crippen LogP) is 3.14. The summed E-state index contributed by atoms with van der Waals surface area (Å²) < 4.78 is 16.5. The predicted molar refractivity (Wildman–Crippen MR) is 144 cm³/mol. The van der Waals surface area contributed by atoms with Gasteiger partial charge in [-0.1, -0.05) is 43.1 Å². The van der Waals surface area contributed by atoms with Gasteiger partial charge in [0.25, 0.3) is 17.7 Å². The van der Waals surface area contributed by atoms with Crippen molar-refractivity contribution in [2.24, 2.45) is 11.0 Å². The second kappa shape index (κ2) is 14.0. The molecule has 0 bridgehead atoms. The number of halogens is 2. The molecule has 10 nitrogen and oxygen atoms in total. The van der Waals surface area contributed by atoms with Crippen LogP contribution < -0.4 is 20.2 Å². The van der Waals surface area contributed by atoms with Crippen molar-refractivity contribution in [3.63, 3.8) is 0 Å². The lowest BCUT2D eigenvalue weighted by Gasteiger charge is -2.27. The molecule has 12 heteroatoms. The maximum absolute atomic E-state index is 12.9. The molecule has 38 heavy (non-hydrogen) atoms. The topological polar surface area (TPSA) is 119 Å². The van der Waals surface area contributed by atoms with Crippen LogP contribution in [0.5, 0.6) is 11.5 Å². The third-order valence-electron chi connectivity index (χ3n) is 5.73. The van der Waals surface area contributed by atoms with E-state index in [2.05, 4.69) is 15.8 Å². The van der Waals surface area contributed by atoms with Crippen LogP contribution in [0.4, 0.5) is 0 Å². The molecule has 0 aliphatic carbocycles. The largest absolute Gasteiger partial charge is 0.493 e. The molecule has 0 aromatic heterocycles. The molecule has 2 aromatic rings. The molecule has 1 aliphatic heterocycles. The van der Waals surface area contributed by atoms with Gasteiger partial charge in [-0.05, 0) is 36.2 Å². The molecule has 0 spiro atoms. The number of nitrogens with one attached hydrogen (secondary N) is 2. The summed E-state index contributed by atoms with van der Waals surface area (Å²) in [6.45, 7) is 5.39. The highest BCUT2D eigenvalue weighted by Gasteiger charge is 2.25. The zero-order chi connectivity index (χ0) is 27.7. The first-order valence-electron chi connectivity index (χ1n) is 12.0. The summed E-state index contributed by atoms with van der Waals surface area (Å²) in [6.07, 6.45) is 1.38. The number of amides is 3. The highest BCUT2D eigenvalue weighted by atomic mass is 35.5. The molecule has 2 N–H and O–H groups in total. The van der Waals surface area contributed by atoms with Gasteiger partial charge < -0.3 is 24.4 Å². The molecule has 204 valence electrons. The Morgan fingerprint density at radius 3 is 2.53 bits per heavy atom. The number of ether oxygens (including phenoxy) is 3. The number of methoxy groups -OCH3 is 1. The van der Waals surface area contributed by atoms with Crippen LogP contribution in [-0.4, -0.2) is 74.9 Å². The van der Waals surface area contributed by atoms with Gasteiger partial charge in [0, 0.05) is 24.2 Å². The van der Waals surface area contributed by atoms with Gasteiger partial charge in [-0.3, -0.25) is 14.4 Å². The molecule has 1 fully saturated rings. The van der Waals surface area contributed by atoms with Crippen LogP contribution in [-0.2, 0) is 14.3 Å². The van der Waals surface area contributed by atoms with E-state index in [1.165, 1.54) is 31.5 Å². The fourth-order valence-electron chi connectivity index (χ4n) is 3.62. The Labute approximate surface area is 231 Å². The van der Waals surface area contributed by atoms with Crippen LogP contribution in [0, 0.1) is 5.92 Å².